The molecule has 0 amide bonds. The molecule has 0 atom stereocenters. The lowest BCUT2D eigenvalue weighted by Crippen LogP contribution is -3.00. The van der Waals surface area contributed by atoms with Crippen LogP contribution in [-0.2, 0) is 0 Å². The molecule has 0 fully saturated rings. The maximum Gasteiger partial charge on any atom is 0.0942 e. The summed E-state index contributed by atoms with van der Waals surface area (Å²) in [6.07, 6.45) is 0. The molecular weight excluding hydrogens is 776 g/mol. The van der Waals surface area contributed by atoms with Gasteiger partial charge in [0, 0.05) is 0 Å². The molecule has 8 heteroatoms. The van der Waals surface area contributed by atoms with E-state index in [0.29, 0.717) is 0 Å². The maximum atomic E-state index is 2.20. The first kappa shape index (κ1) is 49.2. The van der Waals surface area contributed by atoms with Crippen molar-refractivity contribution in [3.8, 4) is 0 Å². The van der Waals surface area contributed by atoms with E-state index in [4.69, 9.17) is 0 Å². The molecule has 0 aromatic heterocycles. The van der Waals surface area contributed by atoms with Gasteiger partial charge in [0.15, 0.2) is 0 Å². The van der Waals surface area contributed by atoms with E-state index in [9.17, 15) is 0 Å². The van der Waals surface area contributed by atoms with Crippen LogP contribution in [0.25, 0.3) is 0 Å². The Labute approximate surface area is 336 Å². The second-order valence-electron chi connectivity index (χ2n) is 11.9. The van der Waals surface area contributed by atoms with Crippen molar-refractivity contribution in [3.05, 3.63) is 243 Å². The Hall–Kier alpha value is -4.80. The highest BCUT2D eigenvalue weighted by molar-refractivity contribution is 7.56. The Morgan fingerprint density at radius 1 is 0.143 bits per heavy atom. The highest BCUT2D eigenvalue weighted by atomic mass is 31.1. The molecule has 0 aliphatic rings. The minimum absolute atomic E-state index is 0. The van der Waals surface area contributed by atoms with Crippen LogP contribution >= 0.6 is 34.3 Å². The molecule has 0 spiro atoms. The summed E-state index contributed by atoms with van der Waals surface area (Å²) >= 11 is 0. The summed E-state index contributed by atoms with van der Waals surface area (Å²) in [6.45, 7) is 0. The first-order chi connectivity index (χ1) is 25.8. The fourth-order valence-electron chi connectivity index (χ4n) is 5.16. The van der Waals surface area contributed by atoms with Gasteiger partial charge in [0.2, 0.25) is 0 Å². The Bertz CT molecular complexity index is 1590. The van der Waals surface area contributed by atoms with Gasteiger partial charge in [-0.15, -0.1) is 0 Å². The van der Waals surface area contributed by atoms with Crippen LogP contribution in [-0.4, -0.2) is 0 Å². The molecule has 0 saturated carbocycles. The lowest BCUT2D eigenvalue weighted by molar-refractivity contribution is -0.00100. The van der Waals surface area contributed by atoms with E-state index in [0.717, 1.165) is 0 Å². The summed E-state index contributed by atoms with van der Waals surface area (Å²) in [6, 6.07) is 85.3. The second kappa shape index (κ2) is 30.4. The van der Waals surface area contributed by atoms with Crippen LogP contribution in [0.4, 0.5) is 0 Å². The van der Waals surface area contributed by atoms with Crippen molar-refractivity contribution in [2.24, 2.45) is 0 Å². The largest absolute Gasteiger partial charge is 1.00 e. The summed E-state index contributed by atoms with van der Waals surface area (Å²) in [4.78, 5) is 0. The normalized spacial score (nSPS) is 9.14. The zero-order valence-electron chi connectivity index (χ0n) is 30.9. The van der Waals surface area contributed by atoms with Crippen LogP contribution in [0.2, 0.25) is 0 Å². The molecule has 0 aliphatic carbocycles. The molecule has 0 radical (unpaired) electrons. The van der Waals surface area contributed by atoms with Crippen molar-refractivity contribution in [1.29, 1.82) is 0 Å². The first-order valence-corrected chi connectivity index (χ1v) is 22.2. The van der Waals surface area contributed by atoms with Gasteiger partial charge in [-0.1, -0.05) is 146 Å². The van der Waals surface area contributed by atoms with Gasteiger partial charge in [0.05, 0.1) is 76.8 Å². The lowest BCUT2D eigenvalue weighted by atomic mass is 10.4. The average Bonchev–Trinajstić information content (AvgIpc) is 3.22. The van der Waals surface area contributed by atoms with Gasteiger partial charge in [-0.25, -0.2) is 0 Å². The summed E-state index contributed by atoms with van der Waals surface area (Å²) < 4.78 is 0. The molecule has 0 bridgehead atoms. The topological polar surface area (TPSA) is 0 Å². The number of hydrogen-bond donors (Lipinski definition) is 0. The van der Waals surface area contributed by atoms with Gasteiger partial charge in [-0.2, -0.15) is 0 Å². The Balaban J connectivity index is 0.000000365. The monoisotopic (exact) mass is 824 g/mol. The molecular formula is C48H48F4P4. The number of hydrogen-bond acceptors (Lipinski definition) is 0. The molecule has 0 N–H and O–H groups in total. The summed E-state index contributed by atoms with van der Waals surface area (Å²) in [5.41, 5.74) is 0. The van der Waals surface area contributed by atoms with Crippen LogP contribution in [0.3, 0.4) is 0 Å². The van der Waals surface area contributed by atoms with Gasteiger partial charge in [-0.05, 0) is 97.1 Å². The predicted molar refractivity (Wildman–Crippen MR) is 247 cm³/mol. The van der Waals surface area contributed by atoms with Gasteiger partial charge >= 0.3 is 0 Å². The van der Waals surface area contributed by atoms with Crippen molar-refractivity contribution in [2.75, 3.05) is 0 Å². The SMILES string of the molecule is [F-].[F-].[F-].[F-].c1ccc([PH2+]c2ccccc2)cc1.c1ccc([PH2+]c2ccccc2)cc1.c1ccc([PH2+]c2ccccc2)cc1.c1ccc([PH2+]c2ccccc2)cc1. The molecule has 0 heterocycles. The lowest BCUT2D eigenvalue weighted by Gasteiger charge is -1.92. The third-order valence-corrected chi connectivity index (χ3v) is 13.5. The molecule has 0 nitrogen and oxygen atoms in total. The average molecular weight is 825 g/mol. The fraction of sp³-hybridized carbons (Fsp3) is 0. The van der Waals surface area contributed by atoms with Crippen molar-refractivity contribution in [1.82, 2.24) is 0 Å². The smallest absolute Gasteiger partial charge is 0.0942 e. The van der Waals surface area contributed by atoms with Crippen LogP contribution in [0.15, 0.2) is 243 Å². The maximum absolute atomic E-state index is 2.20. The molecule has 288 valence electrons. The van der Waals surface area contributed by atoms with E-state index >= 15 is 0 Å². The Morgan fingerprint density at radius 2 is 0.232 bits per heavy atom. The van der Waals surface area contributed by atoms with Gasteiger partial charge in [-0.3, -0.25) is 0 Å². The van der Waals surface area contributed by atoms with Crippen LogP contribution in [0, 0.1) is 0 Å². The molecule has 8 aromatic carbocycles. The molecule has 8 aromatic rings. The van der Waals surface area contributed by atoms with Crippen molar-refractivity contribution in [3.63, 3.8) is 0 Å². The van der Waals surface area contributed by atoms with Gasteiger partial charge < -0.3 is 18.8 Å². The van der Waals surface area contributed by atoms with Crippen LogP contribution in [0.1, 0.15) is 0 Å². The van der Waals surface area contributed by atoms with Gasteiger partial charge in [0.1, 0.15) is 0 Å². The third kappa shape index (κ3) is 20.2. The first-order valence-electron chi connectivity index (χ1n) is 17.6. The molecule has 56 heavy (non-hydrogen) atoms. The van der Waals surface area contributed by atoms with E-state index in [2.05, 4.69) is 243 Å². The summed E-state index contributed by atoms with van der Waals surface area (Å²) in [5, 5.41) is 11.6. The number of benzene rings is 8. The number of rotatable bonds is 8. The third-order valence-electron chi connectivity index (χ3n) is 7.73. The van der Waals surface area contributed by atoms with Crippen LogP contribution < -0.4 is 61.3 Å². The zero-order valence-corrected chi connectivity index (χ0v) is 35.5. The van der Waals surface area contributed by atoms with Crippen molar-refractivity contribution >= 4 is 76.8 Å². The standard InChI is InChI=1S/4C12H11P.4FH/c4*1-3-7-11(8-4-1)13-12-9-5-2-6-10-12;;;;/h4*1-10,13H;4*1H. The molecule has 0 saturated heterocycles. The number of halogens is 4. The molecule has 0 unspecified atom stereocenters. The highest BCUT2D eigenvalue weighted by Gasteiger charge is 2.03. The molecule has 8 rings (SSSR count). The summed E-state index contributed by atoms with van der Waals surface area (Å²) in [7, 11) is 1.09. The Morgan fingerprint density at radius 3 is 0.321 bits per heavy atom. The van der Waals surface area contributed by atoms with E-state index in [-0.39, 0.29) is 53.1 Å². The van der Waals surface area contributed by atoms with E-state index in [1.165, 1.54) is 42.4 Å². The summed E-state index contributed by atoms with van der Waals surface area (Å²) in [5.74, 6) is 0. The van der Waals surface area contributed by atoms with E-state index in [1.807, 2.05) is 0 Å². The zero-order chi connectivity index (χ0) is 35.7. The minimum atomic E-state index is 0. The van der Waals surface area contributed by atoms with E-state index < -0.39 is 0 Å². The van der Waals surface area contributed by atoms with Crippen molar-refractivity contribution in [2.45, 2.75) is 0 Å². The molecule has 0 aliphatic heterocycles. The van der Waals surface area contributed by atoms with Crippen molar-refractivity contribution < 1.29 is 18.8 Å². The quantitative estimate of drug-likeness (QED) is 0.109. The van der Waals surface area contributed by atoms with E-state index in [1.54, 1.807) is 0 Å². The minimum Gasteiger partial charge on any atom is -1.00 e. The predicted octanol–water partition coefficient (Wildman–Crippen LogP) is -3.79. The van der Waals surface area contributed by atoms with Crippen LogP contribution in [0.5, 0.6) is 0 Å². The highest BCUT2D eigenvalue weighted by Crippen LogP contribution is 2.11. The van der Waals surface area contributed by atoms with Gasteiger partial charge in [0.25, 0.3) is 0 Å². The Kier molecular flexibility index (Phi) is 26.7. The fourth-order valence-corrected chi connectivity index (χ4v) is 10.0. The second-order valence-corrected chi connectivity index (χ2v) is 18.4.